The van der Waals surface area contributed by atoms with Gasteiger partial charge in [-0.05, 0) is 12.1 Å². The molecule has 1 unspecified atom stereocenters. The van der Waals surface area contributed by atoms with E-state index in [0.29, 0.717) is 12.1 Å². The molecule has 0 aliphatic carbocycles. The second-order valence-corrected chi connectivity index (χ2v) is 4.19. The molecule has 0 bridgehead atoms. The summed E-state index contributed by atoms with van der Waals surface area (Å²) in [6.07, 6.45) is 0.798. The maximum atomic E-state index is 12.4. The van der Waals surface area contributed by atoms with Crippen LogP contribution in [-0.2, 0) is 14.3 Å². The van der Waals surface area contributed by atoms with Crippen molar-refractivity contribution in [1.29, 1.82) is 0 Å². The average Bonchev–Trinajstić information content (AvgIpc) is 2.53. The van der Waals surface area contributed by atoms with Gasteiger partial charge in [-0.25, -0.2) is 9.78 Å². The smallest absolute Gasteiger partial charge is 0.336 e. The topological polar surface area (TPSA) is 78.0 Å². The molecule has 1 aliphatic heterocycles. The van der Waals surface area contributed by atoms with Crippen LogP contribution in [0.25, 0.3) is 0 Å². The number of nitrogens with zero attached hydrogens (tertiary/aromatic N) is 2. The minimum atomic E-state index is -0.750. The van der Waals surface area contributed by atoms with E-state index in [1.54, 1.807) is 18.3 Å². The lowest BCUT2D eigenvalue weighted by molar-refractivity contribution is -0.158. The molecule has 1 amide bonds. The third kappa shape index (κ3) is 2.88. The van der Waals surface area contributed by atoms with E-state index in [9.17, 15) is 9.59 Å². The fraction of sp³-hybridized carbons (Fsp3) is 0.462. The largest absolute Gasteiger partial charge is 0.480 e. The van der Waals surface area contributed by atoms with Gasteiger partial charge in [0.25, 0.3) is 5.91 Å². The van der Waals surface area contributed by atoms with Gasteiger partial charge in [-0.1, -0.05) is 0 Å². The van der Waals surface area contributed by atoms with Crippen LogP contribution in [0.1, 0.15) is 10.4 Å². The van der Waals surface area contributed by atoms with E-state index in [-0.39, 0.29) is 24.9 Å². The first kappa shape index (κ1) is 14.3. The SMILES string of the molecule is COC(=O)C1CN(C(=O)c2cccnc2OC)CCO1. The molecular weight excluding hydrogens is 264 g/mol. The van der Waals surface area contributed by atoms with Gasteiger partial charge >= 0.3 is 5.97 Å². The highest BCUT2D eigenvalue weighted by Crippen LogP contribution is 2.18. The maximum absolute atomic E-state index is 12.4. The molecule has 0 radical (unpaired) electrons. The zero-order valence-electron chi connectivity index (χ0n) is 11.4. The molecule has 0 saturated carbocycles. The summed E-state index contributed by atoms with van der Waals surface area (Å²) in [5.41, 5.74) is 0.362. The van der Waals surface area contributed by atoms with Crippen molar-refractivity contribution in [1.82, 2.24) is 9.88 Å². The van der Waals surface area contributed by atoms with Crippen molar-refractivity contribution < 1.29 is 23.8 Å². The second-order valence-electron chi connectivity index (χ2n) is 4.19. The minimum Gasteiger partial charge on any atom is -0.480 e. The molecular formula is C13H16N2O5. The lowest BCUT2D eigenvalue weighted by atomic mass is 10.2. The molecule has 0 N–H and O–H groups in total. The molecule has 1 aromatic rings. The standard InChI is InChI=1S/C13H16N2O5/c1-18-11-9(4-3-5-14-11)12(16)15-6-7-20-10(8-15)13(17)19-2/h3-5,10H,6-8H2,1-2H3. The van der Waals surface area contributed by atoms with E-state index < -0.39 is 12.1 Å². The van der Waals surface area contributed by atoms with Crippen LogP contribution in [0.15, 0.2) is 18.3 Å². The van der Waals surface area contributed by atoms with Crippen LogP contribution in [0, 0.1) is 0 Å². The number of amides is 1. The van der Waals surface area contributed by atoms with Crippen molar-refractivity contribution in [2.24, 2.45) is 0 Å². The van der Waals surface area contributed by atoms with E-state index in [1.165, 1.54) is 19.1 Å². The molecule has 2 rings (SSSR count). The van der Waals surface area contributed by atoms with Gasteiger partial charge in [0, 0.05) is 12.7 Å². The summed E-state index contributed by atoms with van der Waals surface area (Å²) in [4.78, 5) is 29.4. The van der Waals surface area contributed by atoms with Crippen molar-refractivity contribution in [2.75, 3.05) is 33.9 Å². The fourth-order valence-corrected chi connectivity index (χ4v) is 1.99. The first-order valence-electron chi connectivity index (χ1n) is 6.15. The van der Waals surface area contributed by atoms with Crippen molar-refractivity contribution in [3.8, 4) is 5.88 Å². The zero-order chi connectivity index (χ0) is 14.5. The molecule has 1 aromatic heterocycles. The van der Waals surface area contributed by atoms with Gasteiger partial charge in [0.15, 0.2) is 6.10 Å². The highest BCUT2D eigenvalue weighted by atomic mass is 16.6. The van der Waals surface area contributed by atoms with Crippen molar-refractivity contribution in [3.05, 3.63) is 23.9 Å². The Morgan fingerprint density at radius 3 is 2.95 bits per heavy atom. The molecule has 1 saturated heterocycles. The number of carbonyl (C=O) groups is 2. The number of morpholine rings is 1. The summed E-state index contributed by atoms with van der Waals surface area (Å²) in [6, 6.07) is 3.30. The third-order valence-corrected chi connectivity index (χ3v) is 3.01. The number of hydrogen-bond acceptors (Lipinski definition) is 6. The van der Waals surface area contributed by atoms with E-state index >= 15 is 0 Å². The molecule has 1 atom stereocenters. The fourth-order valence-electron chi connectivity index (χ4n) is 1.99. The van der Waals surface area contributed by atoms with Gasteiger partial charge in [-0.15, -0.1) is 0 Å². The number of ether oxygens (including phenoxy) is 3. The number of pyridine rings is 1. The summed E-state index contributed by atoms with van der Waals surface area (Å²) >= 11 is 0. The Kier molecular flexibility index (Phi) is 4.52. The Bertz CT molecular complexity index is 505. The Labute approximate surface area is 116 Å². The minimum absolute atomic E-state index is 0.156. The number of hydrogen-bond donors (Lipinski definition) is 0. The monoisotopic (exact) mass is 280 g/mol. The lowest BCUT2D eigenvalue weighted by Gasteiger charge is -2.31. The summed E-state index contributed by atoms with van der Waals surface area (Å²) in [5, 5.41) is 0. The van der Waals surface area contributed by atoms with Crippen molar-refractivity contribution in [3.63, 3.8) is 0 Å². The number of rotatable bonds is 3. The maximum Gasteiger partial charge on any atom is 0.336 e. The number of methoxy groups -OCH3 is 2. The quantitative estimate of drug-likeness (QED) is 0.731. The first-order chi connectivity index (χ1) is 9.67. The molecule has 0 spiro atoms. The molecule has 2 heterocycles. The third-order valence-electron chi connectivity index (χ3n) is 3.01. The van der Waals surface area contributed by atoms with Crippen LogP contribution < -0.4 is 4.74 Å². The second kappa shape index (κ2) is 6.33. The predicted octanol–water partition coefficient (Wildman–Crippen LogP) is 0.104. The summed E-state index contributed by atoms with van der Waals surface area (Å²) in [7, 11) is 2.74. The average molecular weight is 280 g/mol. The van der Waals surface area contributed by atoms with Crippen LogP contribution in [0.5, 0.6) is 5.88 Å². The highest BCUT2D eigenvalue weighted by Gasteiger charge is 2.31. The van der Waals surface area contributed by atoms with E-state index in [1.807, 2.05) is 0 Å². The number of esters is 1. The molecule has 108 valence electrons. The van der Waals surface area contributed by atoms with Gasteiger partial charge in [-0.2, -0.15) is 0 Å². The van der Waals surface area contributed by atoms with Crippen LogP contribution in [0.2, 0.25) is 0 Å². The number of aromatic nitrogens is 1. The van der Waals surface area contributed by atoms with Gasteiger partial charge in [0.05, 0.1) is 27.4 Å². The number of carbonyl (C=O) groups excluding carboxylic acids is 2. The molecule has 1 fully saturated rings. The van der Waals surface area contributed by atoms with Crippen LogP contribution >= 0.6 is 0 Å². The van der Waals surface area contributed by atoms with Gasteiger partial charge in [0.1, 0.15) is 5.56 Å². The first-order valence-corrected chi connectivity index (χ1v) is 6.15. The highest BCUT2D eigenvalue weighted by molar-refractivity contribution is 5.96. The van der Waals surface area contributed by atoms with Gasteiger partial charge in [0.2, 0.25) is 5.88 Å². The van der Waals surface area contributed by atoms with E-state index in [0.717, 1.165) is 0 Å². The molecule has 0 aromatic carbocycles. The van der Waals surface area contributed by atoms with Crippen molar-refractivity contribution >= 4 is 11.9 Å². The lowest BCUT2D eigenvalue weighted by Crippen LogP contribution is -2.49. The normalized spacial score (nSPS) is 18.5. The molecule has 1 aliphatic rings. The van der Waals surface area contributed by atoms with Gasteiger partial charge in [-0.3, -0.25) is 4.79 Å². The van der Waals surface area contributed by atoms with E-state index in [2.05, 4.69) is 9.72 Å². The van der Waals surface area contributed by atoms with Crippen LogP contribution in [0.3, 0.4) is 0 Å². The Hall–Kier alpha value is -2.15. The van der Waals surface area contributed by atoms with E-state index in [4.69, 9.17) is 9.47 Å². The predicted molar refractivity (Wildman–Crippen MR) is 68.4 cm³/mol. The molecule has 7 heteroatoms. The summed E-state index contributed by atoms with van der Waals surface area (Å²) in [6.45, 7) is 0.849. The zero-order valence-corrected chi connectivity index (χ0v) is 11.4. The molecule has 7 nitrogen and oxygen atoms in total. The summed E-state index contributed by atoms with van der Waals surface area (Å²) < 4.78 is 15.0. The van der Waals surface area contributed by atoms with Crippen LogP contribution in [-0.4, -0.2) is 61.8 Å². The van der Waals surface area contributed by atoms with Crippen LogP contribution in [0.4, 0.5) is 0 Å². The Morgan fingerprint density at radius 2 is 2.25 bits per heavy atom. The van der Waals surface area contributed by atoms with Gasteiger partial charge < -0.3 is 19.1 Å². The Balaban J connectivity index is 2.14. The molecule has 20 heavy (non-hydrogen) atoms. The summed E-state index contributed by atoms with van der Waals surface area (Å²) in [5.74, 6) is -0.466. The van der Waals surface area contributed by atoms with Crippen molar-refractivity contribution in [2.45, 2.75) is 6.10 Å². The Morgan fingerprint density at radius 1 is 1.45 bits per heavy atom.